The Labute approximate surface area is 95.5 Å². The maximum absolute atomic E-state index is 4.50. The van der Waals surface area contributed by atoms with Crippen LogP contribution in [-0.2, 0) is 0 Å². The van der Waals surface area contributed by atoms with Crippen molar-refractivity contribution in [2.24, 2.45) is 5.41 Å². The molecule has 1 aromatic heterocycles. The normalized spacial score (nSPS) is 21.5. The Morgan fingerprint density at radius 3 is 2.53 bits per heavy atom. The van der Waals surface area contributed by atoms with Crippen molar-refractivity contribution in [3.05, 3.63) is 5.82 Å². The first-order chi connectivity index (χ1) is 7.11. The summed E-state index contributed by atoms with van der Waals surface area (Å²) in [5, 5.41) is 3.99. The Bertz CT molecular complexity index is 322. The van der Waals surface area contributed by atoms with Crippen LogP contribution < -0.4 is 5.32 Å². The fourth-order valence-corrected chi connectivity index (χ4v) is 2.76. The molecule has 1 heterocycles. The van der Waals surface area contributed by atoms with Gasteiger partial charge in [-0.15, -0.1) is 0 Å². The third-order valence-electron chi connectivity index (χ3n) is 3.36. The highest BCUT2D eigenvalue weighted by molar-refractivity contribution is 7.09. The highest BCUT2D eigenvalue weighted by atomic mass is 32.1. The molecule has 0 spiro atoms. The summed E-state index contributed by atoms with van der Waals surface area (Å²) in [6.45, 7) is 4.72. The maximum atomic E-state index is 4.50. The number of rotatable bonds is 2. The molecule has 15 heavy (non-hydrogen) atoms. The first-order valence-corrected chi connectivity index (χ1v) is 6.39. The maximum Gasteiger partial charge on any atom is 0.202 e. The van der Waals surface area contributed by atoms with Gasteiger partial charge < -0.3 is 5.32 Å². The van der Waals surface area contributed by atoms with Gasteiger partial charge in [0.25, 0.3) is 0 Å². The lowest BCUT2D eigenvalue weighted by molar-refractivity contribution is 0.221. The largest absolute Gasteiger partial charge is 0.363 e. The first kappa shape index (κ1) is 10.9. The minimum Gasteiger partial charge on any atom is -0.363 e. The number of hydrogen-bond donors (Lipinski definition) is 1. The number of hydrogen-bond acceptors (Lipinski definition) is 4. The molecule has 1 fully saturated rings. The van der Waals surface area contributed by atoms with Crippen molar-refractivity contribution in [3.8, 4) is 0 Å². The number of nitrogens with one attached hydrogen (secondary N) is 1. The second kappa shape index (κ2) is 4.08. The van der Waals surface area contributed by atoms with Crippen molar-refractivity contribution in [1.82, 2.24) is 9.36 Å². The van der Waals surface area contributed by atoms with Crippen molar-refractivity contribution in [1.29, 1.82) is 0 Å². The quantitative estimate of drug-likeness (QED) is 0.839. The first-order valence-electron chi connectivity index (χ1n) is 5.62. The fourth-order valence-electron chi connectivity index (χ4n) is 2.16. The Morgan fingerprint density at radius 1 is 1.33 bits per heavy atom. The van der Waals surface area contributed by atoms with E-state index in [1.807, 2.05) is 7.05 Å². The number of aromatic nitrogens is 2. The monoisotopic (exact) mass is 225 g/mol. The Hall–Kier alpha value is -0.640. The summed E-state index contributed by atoms with van der Waals surface area (Å²) in [7, 11) is 1.90. The second-order valence-corrected chi connectivity index (χ2v) is 5.90. The van der Waals surface area contributed by atoms with Crippen LogP contribution in [-0.4, -0.2) is 16.4 Å². The van der Waals surface area contributed by atoms with Crippen molar-refractivity contribution in [2.75, 3.05) is 12.4 Å². The van der Waals surface area contributed by atoms with Gasteiger partial charge >= 0.3 is 0 Å². The highest BCUT2D eigenvalue weighted by Gasteiger charge is 2.29. The van der Waals surface area contributed by atoms with Gasteiger partial charge in [-0.2, -0.15) is 4.37 Å². The molecule has 0 aromatic carbocycles. The molecule has 0 saturated heterocycles. The van der Waals surface area contributed by atoms with E-state index in [9.17, 15) is 0 Å². The minimum absolute atomic E-state index is 0.526. The molecular weight excluding hydrogens is 206 g/mol. The van der Waals surface area contributed by atoms with Crippen LogP contribution >= 0.6 is 11.5 Å². The highest BCUT2D eigenvalue weighted by Crippen LogP contribution is 2.41. The van der Waals surface area contributed by atoms with Gasteiger partial charge in [0, 0.05) is 24.5 Å². The second-order valence-electron chi connectivity index (χ2n) is 5.15. The van der Waals surface area contributed by atoms with E-state index in [1.54, 1.807) is 0 Å². The molecule has 1 aliphatic rings. The zero-order chi connectivity index (χ0) is 10.9. The lowest BCUT2D eigenvalue weighted by Gasteiger charge is -2.33. The van der Waals surface area contributed by atoms with Gasteiger partial charge in [0.2, 0.25) is 5.13 Å². The van der Waals surface area contributed by atoms with Gasteiger partial charge in [-0.05, 0) is 31.1 Å². The molecule has 3 nitrogen and oxygen atoms in total. The SMILES string of the molecule is CNc1nc(C2CCC(C)(C)CC2)ns1. The van der Waals surface area contributed by atoms with Crippen LogP contribution in [0.15, 0.2) is 0 Å². The Kier molecular flexibility index (Phi) is 2.96. The fraction of sp³-hybridized carbons (Fsp3) is 0.818. The smallest absolute Gasteiger partial charge is 0.202 e. The lowest BCUT2D eigenvalue weighted by Crippen LogP contribution is -2.20. The van der Waals surface area contributed by atoms with Crippen molar-refractivity contribution < 1.29 is 0 Å². The summed E-state index contributed by atoms with van der Waals surface area (Å²) >= 11 is 1.47. The van der Waals surface area contributed by atoms with Gasteiger partial charge in [0.1, 0.15) is 5.82 Å². The standard InChI is InChI=1S/C11H19N3S/c1-11(2)6-4-8(5-7-11)9-13-10(12-3)15-14-9/h8H,4-7H2,1-3H3,(H,12,13,14). The van der Waals surface area contributed by atoms with E-state index in [0.29, 0.717) is 11.3 Å². The molecule has 0 atom stereocenters. The third-order valence-corrected chi connectivity index (χ3v) is 4.11. The predicted molar refractivity (Wildman–Crippen MR) is 64.4 cm³/mol. The zero-order valence-electron chi connectivity index (χ0n) is 9.71. The summed E-state index contributed by atoms with van der Waals surface area (Å²) in [6, 6.07) is 0. The van der Waals surface area contributed by atoms with E-state index in [0.717, 1.165) is 11.0 Å². The Morgan fingerprint density at radius 2 is 2.00 bits per heavy atom. The third kappa shape index (κ3) is 2.48. The van der Waals surface area contributed by atoms with Crippen LogP contribution in [0.3, 0.4) is 0 Å². The molecule has 0 radical (unpaired) electrons. The van der Waals surface area contributed by atoms with E-state index in [1.165, 1.54) is 37.2 Å². The van der Waals surface area contributed by atoms with Crippen molar-refractivity contribution in [2.45, 2.75) is 45.4 Å². The topological polar surface area (TPSA) is 37.8 Å². The molecule has 0 aliphatic heterocycles. The summed E-state index contributed by atoms with van der Waals surface area (Å²) in [4.78, 5) is 4.50. The van der Waals surface area contributed by atoms with Crippen LogP contribution in [0.4, 0.5) is 5.13 Å². The molecule has 0 bridgehead atoms. The lowest BCUT2D eigenvalue weighted by atomic mass is 9.73. The van der Waals surface area contributed by atoms with Crippen LogP contribution in [0.1, 0.15) is 51.3 Å². The van der Waals surface area contributed by atoms with Gasteiger partial charge in [-0.3, -0.25) is 0 Å². The summed E-state index contributed by atoms with van der Waals surface area (Å²) in [5.41, 5.74) is 0.526. The average Bonchev–Trinajstić information content (AvgIpc) is 2.66. The molecule has 1 aromatic rings. The van der Waals surface area contributed by atoms with E-state index in [2.05, 4.69) is 28.5 Å². The summed E-state index contributed by atoms with van der Waals surface area (Å²) in [6.07, 6.45) is 5.08. The minimum atomic E-state index is 0.526. The average molecular weight is 225 g/mol. The molecule has 84 valence electrons. The molecule has 4 heteroatoms. The molecule has 1 saturated carbocycles. The van der Waals surface area contributed by atoms with Crippen molar-refractivity contribution in [3.63, 3.8) is 0 Å². The zero-order valence-corrected chi connectivity index (χ0v) is 10.5. The summed E-state index contributed by atoms with van der Waals surface area (Å²) in [5.74, 6) is 1.65. The van der Waals surface area contributed by atoms with E-state index in [-0.39, 0.29) is 0 Å². The van der Waals surface area contributed by atoms with Crippen LogP contribution in [0, 0.1) is 5.41 Å². The molecular formula is C11H19N3S. The molecule has 2 rings (SSSR count). The Balaban J connectivity index is 2.01. The molecule has 0 unspecified atom stereocenters. The number of anilines is 1. The van der Waals surface area contributed by atoms with Crippen LogP contribution in [0.25, 0.3) is 0 Å². The van der Waals surface area contributed by atoms with Crippen LogP contribution in [0.5, 0.6) is 0 Å². The predicted octanol–water partition coefficient (Wildman–Crippen LogP) is 3.26. The summed E-state index contributed by atoms with van der Waals surface area (Å²) < 4.78 is 4.43. The van der Waals surface area contributed by atoms with E-state index >= 15 is 0 Å². The van der Waals surface area contributed by atoms with Gasteiger partial charge in [0.05, 0.1) is 0 Å². The van der Waals surface area contributed by atoms with Crippen LogP contribution in [0.2, 0.25) is 0 Å². The van der Waals surface area contributed by atoms with E-state index in [4.69, 9.17) is 0 Å². The van der Waals surface area contributed by atoms with Gasteiger partial charge in [-0.1, -0.05) is 13.8 Å². The molecule has 0 amide bonds. The molecule has 1 N–H and O–H groups in total. The number of nitrogens with zero attached hydrogens (tertiary/aromatic N) is 2. The van der Waals surface area contributed by atoms with Crippen molar-refractivity contribution >= 4 is 16.7 Å². The van der Waals surface area contributed by atoms with E-state index < -0.39 is 0 Å². The van der Waals surface area contributed by atoms with Gasteiger partial charge in [0.15, 0.2) is 0 Å². The van der Waals surface area contributed by atoms with Gasteiger partial charge in [-0.25, -0.2) is 4.98 Å². The molecule has 1 aliphatic carbocycles.